The van der Waals surface area contributed by atoms with Gasteiger partial charge in [-0.2, -0.15) is 0 Å². The summed E-state index contributed by atoms with van der Waals surface area (Å²) in [7, 11) is 1.56. The van der Waals surface area contributed by atoms with Crippen molar-refractivity contribution in [2.75, 3.05) is 25.6 Å². The molecule has 0 saturated carbocycles. The number of methoxy groups -OCH3 is 1. The van der Waals surface area contributed by atoms with Gasteiger partial charge >= 0.3 is 16.6 Å². The number of fused-ring (bicyclic) bond motifs is 1. The van der Waals surface area contributed by atoms with E-state index in [0.717, 1.165) is 22.2 Å². The number of thiophene rings is 1. The number of hydrogen-bond acceptors (Lipinski definition) is 9. The summed E-state index contributed by atoms with van der Waals surface area (Å²) in [6.07, 6.45) is 0.492. The van der Waals surface area contributed by atoms with Crippen LogP contribution in [0.2, 0.25) is 0 Å². The molecular weight excluding hydrogens is 520 g/mol. The zero-order valence-electron chi connectivity index (χ0n) is 20.8. The third kappa shape index (κ3) is 5.57. The quantitative estimate of drug-likeness (QED) is 0.250. The van der Waals surface area contributed by atoms with Crippen LogP contribution in [0, 0.1) is 0 Å². The van der Waals surface area contributed by atoms with E-state index in [0.29, 0.717) is 41.5 Å². The molecule has 11 nitrogen and oxygen atoms in total. The van der Waals surface area contributed by atoms with Crippen molar-refractivity contribution in [3.05, 3.63) is 50.7 Å². The van der Waals surface area contributed by atoms with E-state index in [1.165, 1.54) is 22.9 Å². The van der Waals surface area contributed by atoms with E-state index in [-0.39, 0.29) is 17.5 Å². The van der Waals surface area contributed by atoms with Gasteiger partial charge in [0.15, 0.2) is 0 Å². The van der Waals surface area contributed by atoms with Gasteiger partial charge in [-0.25, -0.2) is 9.59 Å². The van der Waals surface area contributed by atoms with Crippen molar-refractivity contribution < 1.29 is 33.1 Å². The normalized spacial score (nSPS) is 13.6. The third-order valence-electron chi connectivity index (χ3n) is 5.81. The van der Waals surface area contributed by atoms with E-state index in [1.54, 1.807) is 50.1 Å². The second kappa shape index (κ2) is 11.2. The fraction of sp³-hybridized carbons (Fsp3) is 0.375. The molecule has 0 spiro atoms. The summed E-state index contributed by atoms with van der Waals surface area (Å²) in [4.78, 5) is 52.8. The summed E-state index contributed by atoms with van der Waals surface area (Å²) in [5, 5.41) is 5.23. The zero-order chi connectivity index (χ0) is 26.7. The molecule has 3 heterocycles. The second-order valence-electron chi connectivity index (χ2n) is 8.19. The van der Waals surface area contributed by atoms with Gasteiger partial charge in [0.05, 0.1) is 31.1 Å². The van der Waals surface area contributed by atoms with Gasteiger partial charge in [-0.15, -0.1) is 11.3 Å². The van der Waals surface area contributed by atoms with Gasteiger partial charge in [0.25, 0.3) is 0 Å². The number of rotatable bonds is 8. The summed E-state index contributed by atoms with van der Waals surface area (Å²) in [5.41, 5.74) is 1.11. The molecule has 1 aliphatic rings. The molecule has 1 unspecified atom stereocenters. The first kappa shape index (κ1) is 26.5. The molecule has 2 N–H and O–H groups in total. The van der Waals surface area contributed by atoms with Gasteiger partial charge in [0.1, 0.15) is 10.8 Å². The van der Waals surface area contributed by atoms with Crippen molar-refractivity contribution in [1.29, 1.82) is 0 Å². The van der Waals surface area contributed by atoms with Crippen molar-refractivity contribution in [2.24, 2.45) is 0 Å². The van der Waals surface area contributed by atoms with Gasteiger partial charge in [0.2, 0.25) is 17.5 Å². The molecule has 0 fully saturated rings. The Kier molecular flexibility index (Phi) is 8.03. The van der Waals surface area contributed by atoms with Crippen LogP contribution in [-0.2, 0) is 27.3 Å². The SMILES string of the molecule is CCOC(=O)c1c(NC(=O)C(C)Sc2c(=O)o[nH][n+]2-c2ccc(OC)cc2)sc2c1CCN(C(C)=O)C2. The van der Waals surface area contributed by atoms with Gasteiger partial charge < -0.3 is 19.7 Å². The van der Waals surface area contributed by atoms with Gasteiger partial charge in [0, 0.05) is 30.5 Å². The van der Waals surface area contributed by atoms with Crippen molar-refractivity contribution in [3.8, 4) is 11.4 Å². The Morgan fingerprint density at radius 3 is 2.68 bits per heavy atom. The molecule has 1 atom stereocenters. The fourth-order valence-corrected chi connectivity index (χ4v) is 6.02. The number of carbonyl (C=O) groups excluding carboxylic acids is 3. The Hall–Kier alpha value is -3.58. The van der Waals surface area contributed by atoms with Crippen LogP contribution in [-0.4, -0.2) is 53.5 Å². The highest BCUT2D eigenvalue weighted by Crippen LogP contribution is 2.38. The van der Waals surface area contributed by atoms with Gasteiger partial charge in [-0.05, 0) is 59.7 Å². The van der Waals surface area contributed by atoms with Gasteiger partial charge in [-0.3, -0.25) is 14.1 Å². The average molecular weight is 548 g/mol. The van der Waals surface area contributed by atoms with Crippen LogP contribution >= 0.6 is 23.1 Å². The van der Waals surface area contributed by atoms with Crippen LogP contribution in [0.4, 0.5) is 5.00 Å². The van der Waals surface area contributed by atoms with Crippen molar-refractivity contribution in [2.45, 2.75) is 44.0 Å². The maximum absolute atomic E-state index is 13.2. The van der Waals surface area contributed by atoms with Crippen LogP contribution in [0.15, 0.2) is 38.6 Å². The molecule has 37 heavy (non-hydrogen) atoms. The molecule has 0 saturated heterocycles. The molecule has 2 amide bonds. The number of nitrogens with zero attached hydrogens (tertiary/aromatic N) is 2. The number of hydrogen-bond donors (Lipinski definition) is 2. The van der Waals surface area contributed by atoms with E-state index in [2.05, 4.69) is 10.6 Å². The smallest absolute Gasteiger partial charge is 0.442 e. The van der Waals surface area contributed by atoms with E-state index in [1.807, 2.05) is 0 Å². The number of esters is 1. The fourth-order valence-electron chi connectivity index (χ4n) is 3.88. The van der Waals surface area contributed by atoms with E-state index in [9.17, 15) is 19.2 Å². The molecule has 3 aromatic rings. The Morgan fingerprint density at radius 2 is 2.03 bits per heavy atom. The predicted octanol–water partition coefficient (Wildman–Crippen LogP) is 2.52. The molecule has 1 aliphatic heterocycles. The average Bonchev–Trinajstić information content (AvgIpc) is 3.43. The minimum atomic E-state index is -0.717. The minimum absolute atomic E-state index is 0.0529. The summed E-state index contributed by atoms with van der Waals surface area (Å²) >= 11 is 2.28. The van der Waals surface area contributed by atoms with Crippen molar-refractivity contribution in [3.63, 3.8) is 0 Å². The molecule has 2 aromatic heterocycles. The lowest BCUT2D eigenvalue weighted by molar-refractivity contribution is -0.704. The lowest BCUT2D eigenvalue weighted by Crippen LogP contribution is -2.37. The van der Waals surface area contributed by atoms with E-state index < -0.39 is 22.8 Å². The molecule has 13 heteroatoms. The van der Waals surface area contributed by atoms with E-state index >= 15 is 0 Å². The summed E-state index contributed by atoms with van der Waals surface area (Å²) in [5.74, 6) is -0.322. The van der Waals surface area contributed by atoms with Gasteiger partial charge in [-0.1, -0.05) is 0 Å². The van der Waals surface area contributed by atoms with Crippen LogP contribution < -0.4 is 20.4 Å². The number of nitrogens with one attached hydrogen (secondary N) is 2. The molecule has 4 rings (SSSR count). The maximum Gasteiger partial charge on any atom is 0.442 e. The Balaban J connectivity index is 1.56. The number of aromatic nitrogens is 2. The number of H-pyrrole nitrogens is 1. The van der Waals surface area contributed by atoms with Crippen LogP contribution in [0.25, 0.3) is 5.69 Å². The Morgan fingerprint density at radius 1 is 1.30 bits per heavy atom. The standard InChI is InChI=1S/C24H26N4O7S2/c1-5-34-23(31)19-17-10-11-27(14(3)29)12-18(17)37-21(19)25-20(30)13(2)36-22-24(32)35-26-28(22)15-6-8-16(33-4)9-7-15/h6-9,13H,5,10-12H2,1-4H3,(H-,25,26,30,31,32)/p+1. The summed E-state index contributed by atoms with van der Waals surface area (Å²) < 4.78 is 16.8. The monoisotopic (exact) mass is 547 g/mol. The molecule has 0 radical (unpaired) electrons. The number of benzene rings is 1. The number of thioether (sulfide) groups is 1. The van der Waals surface area contributed by atoms with Crippen LogP contribution in [0.1, 0.15) is 41.6 Å². The lowest BCUT2D eigenvalue weighted by Gasteiger charge is -2.25. The first-order valence-electron chi connectivity index (χ1n) is 11.6. The maximum atomic E-state index is 13.2. The highest BCUT2D eigenvalue weighted by molar-refractivity contribution is 8.00. The molecular formula is C24H27N4O7S2+. The summed E-state index contributed by atoms with van der Waals surface area (Å²) in [6.45, 7) is 5.92. The molecule has 0 bridgehead atoms. The zero-order valence-corrected chi connectivity index (χ0v) is 22.4. The summed E-state index contributed by atoms with van der Waals surface area (Å²) in [6, 6.07) is 6.96. The van der Waals surface area contributed by atoms with Crippen molar-refractivity contribution >= 4 is 45.9 Å². The lowest BCUT2D eigenvalue weighted by atomic mass is 10.0. The first-order chi connectivity index (χ1) is 17.7. The number of anilines is 1. The highest BCUT2D eigenvalue weighted by atomic mass is 32.2. The largest absolute Gasteiger partial charge is 0.497 e. The minimum Gasteiger partial charge on any atom is -0.497 e. The number of aromatic amines is 1. The van der Waals surface area contributed by atoms with Crippen LogP contribution in [0.3, 0.4) is 0 Å². The van der Waals surface area contributed by atoms with Crippen LogP contribution in [0.5, 0.6) is 5.75 Å². The molecule has 1 aromatic carbocycles. The Labute approximate surface area is 220 Å². The number of carbonyl (C=O) groups is 3. The number of ether oxygens (including phenoxy) is 2. The molecule has 0 aliphatic carbocycles. The Bertz CT molecular complexity index is 1380. The van der Waals surface area contributed by atoms with Crippen molar-refractivity contribution in [1.82, 2.24) is 10.2 Å². The second-order valence-corrected chi connectivity index (χ2v) is 10.6. The topological polar surface area (TPSA) is 135 Å². The first-order valence-corrected chi connectivity index (χ1v) is 13.3. The predicted molar refractivity (Wildman–Crippen MR) is 136 cm³/mol. The number of amides is 2. The highest BCUT2D eigenvalue weighted by Gasteiger charge is 2.33. The third-order valence-corrected chi connectivity index (χ3v) is 8.09. The van der Waals surface area contributed by atoms with E-state index in [4.69, 9.17) is 14.0 Å². The molecule has 196 valence electrons.